The summed E-state index contributed by atoms with van der Waals surface area (Å²) in [4.78, 5) is 2.58. The van der Waals surface area contributed by atoms with E-state index in [4.69, 9.17) is 5.73 Å². The molecule has 1 aliphatic heterocycles. The molecule has 1 fully saturated rings. The second kappa shape index (κ2) is 7.23. The van der Waals surface area contributed by atoms with Crippen LogP contribution in [0.15, 0.2) is 12.4 Å². The van der Waals surface area contributed by atoms with E-state index in [9.17, 15) is 0 Å². The van der Waals surface area contributed by atoms with Crippen LogP contribution in [0.4, 0.5) is 0 Å². The van der Waals surface area contributed by atoms with E-state index < -0.39 is 0 Å². The Labute approximate surface area is 123 Å². The molecule has 2 rings (SSSR count). The van der Waals surface area contributed by atoms with Crippen molar-refractivity contribution in [2.45, 2.75) is 58.0 Å². The molecule has 0 radical (unpaired) electrons. The first kappa shape index (κ1) is 15.5. The molecule has 2 heterocycles. The number of nitrogens with zero attached hydrogens (tertiary/aromatic N) is 3. The monoisotopic (exact) mass is 278 g/mol. The second-order valence-electron chi connectivity index (χ2n) is 6.37. The summed E-state index contributed by atoms with van der Waals surface area (Å²) >= 11 is 0. The maximum Gasteiger partial charge on any atom is 0.0538 e. The van der Waals surface area contributed by atoms with Crippen LogP contribution in [-0.2, 0) is 7.05 Å². The van der Waals surface area contributed by atoms with E-state index in [1.54, 1.807) is 0 Å². The molecule has 2 N–H and O–H groups in total. The summed E-state index contributed by atoms with van der Waals surface area (Å²) in [6.07, 6.45) is 10.8. The minimum Gasteiger partial charge on any atom is -0.326 e. The zero-order valence-electron chi connectivity index (χ0n) is 13.3. The molecule has 4 nitrogen and oxygen atoms in total. The normalized spacial score (nSPS) is 24.3. The molecule has 0 saturated carbocycles. The van der Waals surface area contributed by atoms with Crippen molar-refractivity contribution >= 4 is 0 Å². The van der Waals surface area contributed by atoms with Gasteiger partial charge in [-0.1, -0.05) is 19.8 Å². The van der Waals surface area contributed by atoms with Crippen LogP contribution in [0.25, 0.3) is 0 Å². The van der Waals surface area contributed by atoms with Crippen molar-refractivity contribution in [3.05, 3.63) is 18.0 Å². The Bertz CT molecular complexity index is 399. The lowest BCUT2D eigenvalue weighted by atomic mass is 9.96. The quantitative estimate of drug-likeness (QED) is 0.901. The lowest BCUT2D eigenvalue weighted by molar-refractivity contribution is 0.180. The van der Waals surface area contributed by atoms with Crippen molar-refractivity contribution in [2.75, 3.05) is 13.1 Å². The minimum absolute atomic E-state index is 0.141. The number of likely N-dealkylation sites (tertiary alicyclic amines) is 1. The maximum absolute atomic E-state index is 6.27. The van der Waals surface area contributed by atoms with E-state index in [-0.39, 0.29) is 6.04 Å². The number of hydrogen-bond donors (Lipinski definition) is 1. The van der Waals surface area contributed by atoms with Gasteiger partial charge in [-0.2, -0.15) is 5.10 Å². The molecule has 4 heteroatoms. The molecule has 0 spiro atoms. The van der Waals surface area contributed by atoms with Crippen molar-refractivity contribution in [3.8, 4) is 0 Å². The summed E-state index contributed by atoms with van der Waals surface area (Å²) in [6, 6.07) is 0.450. The SMILES string of the molecule is CCCC1CCCN(C(c2cnn(C)c2)C(C)N)CC1. The molecule has 1 aliphatic rings. The van der Waals surface area contributed by atoms with E-state index in [0.29, 0.717) is 6.04 Å². The Morgan fingerprint density at radius 3 is 2.80 bits per heavy atom. The number of rotatable bonds is 5. The van der Waals surface area contributed by atoms with E-state index in [1.165, 1.54) is 50.8 Å². The third-order valence-corrected chi connectivity index (χ3v) is 4.54. The molecule has 20 heavy (non-hydrogen) atoms. The lowest BCUT2D eigenvalue weighted by Crippen LogP contribution is -2.40. The topological polar surface area (TPSA) is 47.1 Å². The Balaban J connectivity index is 2.06. The predicted molar refractivity (Wildman–Crippen MR) is 83.4 cm³/mol. The van der Waals surface area contributed by atoms with Gasteiger partial charge in [-0.25, -0.2) is 0 Å². The Morgan fingerprint density at radius 1 is 1.40 bits per heavy atom. The van der Waals surface area contributed by atoms with E-state index >= 15 is 0 Å². The summed E-state index contributed by atoms with van der Waals surface area (Å²) in [5.41, 5.74) is 7.54. The highest BCUT2D eigenvalue weighted by Crippen LogP contribution is 2.29. The fraction of sp³-hybridized carbons (Fsp3) is 0.812. The van der Waals surface area contributed by atoms with Crippen LogP contribution in [0.1, 0.15) is 57.6 Å². The van der Waals surface area contributed by atoms with Gasteiger partial charge in [0, 0.05) is 24.8 Å². The van der Waals surface area contributed by atoms with Crippen LogP contribution in [0.5, 0.6) is 0 Å². The zero-order chi connectivity index (χ0) is 14.5. The molecule has 0 aromatic carbocycles. The molecule has 114 valence electrons. The van der Waals surface area contributed by atoms with Crippen LogP contribution in [0.3, 0.4) is 0 Å². The summed E-state index contributed by atoms with van der Waals surface area (Å²) < 4.78 is 1.88. The minimum atomic E-state index is 0.141. The molecule has 3 atom stereocenters. The van der Waals surface area contributed by atoms with Gasteiger partial charge in [-0.3, -0.25) is 9.58 Å². The smallest absolute Gasteiger partial charge is 0.0538 e. The zero-order valence-corrected chi connectivity index (χ0v) is 13.3. The molecule has 1 aromatic heterocycles. The van der Waals surface area contributed by atoms with Crippen molar-refractivity contribution < 1.29 is 0 Å². The van der Waals surface area contributed by atoms with Gasteiger partial charge in [0.15, 0.2) is 0 Å². The number of nitrogens with two attached hydrogens (primary N) is 1. The molecule has 0 bridgehead atoms. The van der Waals surface area contributed by atoms with Gasteiger partial charge < -0.3 is 5.73 Å². The van der Waals surface area contributed by atoms with Crippen molar-refractivity contribution in [3.63, 3.8) is 0 Å². The van der Waals surface area contributed by atoms with Crippen LogP contribution >= 0.6 is 0 Å². The molecule has 1 aromatic rings. The van der Waals surface area contributed by atoms with Gasteiger partial charge in [0.2, 0.25) is 0 Å². The van der Waals surface area contributed by atoms with E-state index in [0.717, 1.165) is 5.92 Å². The first-order valence-electron chi connectivity index (χ1n) is 8.10. The van der Waals surface area contributed by atoms with Crippen LogP contribution in [0, 0.1) is 5.92 Å². The highest BCUT2D eigenvalue weighted by Gasteiger charge is 2.27. The average Bonchev–Trinajstić information content (AvgIpc) is 2.68. The van der Waals surface area contributed by atoms with Gasteiger partial charge in [-0.05, 0) is 45.2 Å². The number of aryl methyl sites for hydroxylation is 1. The largest absolute Gasteiger partial charge is 0.326 e. The second-order valence-corrected chi connectivity index (χ2v) is 6.37. The van der Waals surface area contributed by atoms with Crippen molar-refractivity contribution in [1.29, 1.82) is 0 Å². The fourth-order valence-electron chi connectivity index (χ4n) is 3.60. The Hall–Kier alpha value is -0.870. The highest BCUT2D eigenvalue weighted by molar-refractivity contribution is 5.13. The molecule has 1 saturated heterocycles. The van der Waals surface area contributed by atoms with Gasteiger partial charge in [0.05, 0.1) is 12.2 Å². The molecular weight excluding hydrogens is 248 g/mol. The van der Waals surface area contributed by atoms with Crippen LogP contribution in [-0.4, -0.2) is 33.8 Å². The fourth-order valence-corrected chi connectivity index (χ4v) is 3.60. The molecule has 0 aliphatic carbocycles. The third-order valence-electron chi connectivity index (χ3n) is 4.54. The van der Waals surface area contributed by atoms with E-state index in [1.807, 2.05) is 17.9 Å². The summed E-state index contributed by atoms with van der Waals surface area (Å²) in [6.45, 7) is 6.75. The summed E-state index contributed by atoms with van der Waals surface area (Å²) in [5.74, 6) is 0.910. The Kier molecular flexibility index (Phi) is 5.61. The van der Waals surface area contributed by atoms with Gasteiger partial charge in [0.1, 0.15) is 0 Å². The molecular formula is C16H30N4. The highest BCUT2D eigenvalue weighted by atomic mass is 15.3. The van der Waals surface area contributed by atoms with Gasteiger partial charge in [0.25, 0.3) is 0 Å². The summed E-state index contributed by atoms with van der Waals surface area (Å²) in [5, 5.41) is 4.32. The number of hydrogen-bond acceptors (Lipinski definition) is 3. The van der Waals surface area contributed by atoms with Gasteiger partial charge >= 0.3 is 0 Å². The van der Waals surface area contributed by atoms with Crippen LogP contribution < -0.4 is 5.73 Å². The first-order valence-corrected chi connectivity index (χ1v) is 8.10. The predicted octanol–water partition coefficient (Wildman–Crippen LogP) is 2.71. The molecule has 3 unspecified atom stereocenters. The van der Waals surface area contributed by atoms with Crippen LogP contribution in [0.2, 0.25) is 0 Å². The average molecular weight is 278 g/mol. The standard InChI is InChI=1S/C16H30N4/c1-4-6-14-7-5-9-20(10-8-14)16(13(2)17)15-11-18-19(3)12-15/h11-14,16H,4-10,17H2,1-3H3. The van der Waals surface area contributed by atoms with Crippen molar-refractivity contribution in [1.82, 2.24) is 14.7 Å². The third kappa shape index (κ3) is 3.83. The number of aromatic nitrogens is 2. The molecule has 0 amide bonds. The Morgan fingerprint density at radius 2 is 2.20 bits per heavy atom. The first-order chi connectivity index (χ1) is 9.61. The van der Waals surface area contributed by atoms with Gasteiger partial charge in [-0.15, -0.1) is 0 Å². The maximum atomic E-state index is 6.27. The summed E-state index contributed by atoms with van der Waals surface area (Å²) in [7, 11) is 1.97. The lowest BCUT2D eigenvalue weighted by Gasteiger charge is -2.32. The van der Waals surface area contributed by atoms with Crippen molar-refractivity contribution in [2.24, 2.45) is 18.7 Å². The van der Waals surface area contributed by atoms with E-state index in [2.05, 4.69) is 30.0 Å².